The van der Waals surface area contributed by atoms with Gasteiger partial charge in [-0.3, -0.25) is 4.79 Å². The summed E-state index contributed by atoms with van der Waals surface area (Å²) in [6, 6.07) is 0. The number of hydrogen-bond acceptors (Lipinski definition) is 4. The van der Waals surface area contributed by atoms with Gasteiger partial charge in [0.1, 0.15) is 0 Å². The van der Waals surface area contributed by atoms with Gasteiger partial charge in [-0.05, 0) is 0 Å². The number of thiazole rings is 1. The maximum atomic E-state index is 12.0. The minimum Gasteiger partial charge on any atom is -0.467 e. The third-order valence-corrected chi connectivity index (χ3v) is 2.25. The zero-order valence-corrected chi connectivity index (χ0v) is 7.69. The van der Waals surface area contributed by atoms with Crippen LogP contribution in [0.2, 0.25) is 0 Å². The molecule has 0 saturated carbocycles. The second-order valence-corrected chi connectivity index (χ2v) is 3.28. The molecule has 0 N–H and O–H groups in total. The summed E-state index contributed by atoms with van der Waals surface area (Å²) in [6.07, 6.45) is -4.19. The standard InChI is InChI=1S/C7H6F3NO2S/c8-7(9,10)5-3-14-6(11-5)1-2-13-4-12/h3-4H,1-2H2. The Labute approximate surface area is 81.5 Å². The van der Waals surface area contributed by atoms with Crippen LogP contribution in [0.1, 0.15) is 10.7 Å². The molecule has 0 bridgehead atoms. The first-order chi connectivity index (χ1) is 6.54. The summed E-state index contributed by atoms with van der Waals surface area (Å²) >= 11 is 0.900. The fourth-order valence-electron chi connectivity index (χ4n) is 0.750. The SMILES string of the molecule is O=COCCc1nc(C(F)(F)F)cs1. The predicted octanol–water partition coefficient (Wildman–Crippen LogP) is 1.88. The number of nitrogens with zero attached hydrogens (tertiary/aromatic N) is 1. The lowest BCUT2D eigenvalue weighted by atomic mass is 10.4. The Morgan fingerprint density at radius 3 is 2.79 bits per heavy atom. The predicted molar refractivity (Wildman–Crippen MR) is 42.8 cm³/mol. The summed E-state index contributed by atoms with van der Waals surface area (Å²) < 4.78 is 40.5. The Morgan fingerprint density at radius 1 is 1.57 bits per heavy atom. The Bertz CT molecular complexity index is 310. The number of rotatable bonds is 4. The Morgan fingerprint density at radius 2 is 2.29 bits per heavy atom. The van der Waals surface area contributed by atoms with Crippen LogP contribution >= 0.6 is 11.3 Å². The Balaban J connectivity index is 2.55. The molecule has 0 amide bonds. The van der Waals surface area contributed by atoms with Gasteiger partial charge in [-0.15, -0.1) is 11.3 Å². The molecule has 7 heteroatoms. The number of aromatic nitrogens is 1. The summed E-state index contributed by atoms with van der Waals surface area (Å²) in [6.45, 7) is 0.298. The van der Waals surface area contributed by atoms with E-state index >= 15 is 0 Å². The van der Waals surface area contributed by atoms with Crippen molar-refractivity contribution in [3.05, 3.63) is 16.1 Å². The minimum atomic E-state index is -4.40. The highest BCUT2D eigenvalue weighted by molar-refractivity contribution is 7.09. The van der Waals surface area contributed by atoms with Crippen LogP contribution in [0.5, 0.6) is 0 Å². The molecule has 0 fully saturated rings. The molecule has 0 saturated heterocycles. The van der Waals surface area contributed by atoms with Crippen molar-refractivity contribution in [2.24, 2.45) is 0 Å². The zero-order valence-electron chi connectivity index (χ0n) is 6.87. The van der Waals surface area contributed by atoms with Gasteiger partial charge in [0, 0.05) is 11.8 Å². The van der Waals surface area contributed by atoms with Gasteiger partial charge >= 0.3 is 6.18 Å². The van der Waals surface area contributed by atoms with Crippen molar-refractivity contribution in [1.82, 2.24) is 4.98 Å². The molecule has 0 unspecified atom stereocenters. The van der Waals surface area contributed by atoms with Crippen molar-refractivity contribution in [1.29, 1.82) is 0 Å². The molecule has 3 nitrogen and oxygen atoms in total. The minimum absolute atomic E-state index is 0.0499. The van der Waals surface area contributed by atoms with E-state index in [9.17, 15) is 18.0 Å². The van der Waals surface area contributed by atoms with Crippen molar-refractivity contribution in [2.45, 2.75) is 12.6 Å². The highest BCUT2D eigenvalue weighted by Gasteiger charge is 2.33. The van der Waals surface area contributed by atoms with E-state index in [0.717, 1.165) is 16.7 Å². The Hall–Kier alpha value is -1.11. The van der Waals surface area contributed by atoms with Crippen LogP contribution in [0, 0.1) is 0 Å². The van der Waals surface area contributed by atoms with Gasteiger partial charge in [0.15, 0.2) is 5.69 Å². The molecule has 0 aliphatic heterocycles. The molecule has 0 spiro atoms. The van der Waals surface area contributed by atoms with E-state index in [4.69, 9.17) is 0 Å². The van der Waals surface area contributed by atoms with E-state index < -0.39 is 11.9 Å². The molecule has 1 rings (SSSR count). The first-order valence-corrected chi connectivity index (χ1v) is 4.49. The molecule has 0 atom stereocenters. The lowest BCUT2D eigenvalue weighted by Crippen LogP contribution is -2.05. The Kier molecular flexibility index (Phi) is 3.45. The van der Waals surface area contributed by atoms with E-state index in [0.29, 0.717) is 5.01 Å². The first kappa shape index (κ1) is 11.0. The molecular weight excluding hydrogens is 219 g/mol. The third kappa shape index (κ3) is 2.99. The number of alkyl halides is 3. The highest BCUT2D eigenvalue weighted by atomic mass is 32.1. The molecule has 1 aromatic heterocycles. The summed E-state index contributed by atoms with van der Waals surface area (Å²) in [5, 5.41) is 1.25. The molecular formula is C7H6F3NO2S. The van der Waals surface area contributed by atoms with Gasteiger partial charge in [0.05, 0.1) is 11.6 Å². The zero-order chi connectivity index (χ0) is 10.6. The van der Waals surface area contributed by atoms with Crippen LogP contribution in [0.4, 0.5) is 13.2 Å². The van der Waals surface area contributed by atoms with E-state index in [1.165, 1.54) is 0 Å². The fraction of sp³-hybridized carbons (Fsp3) is 0.429. The van der Waals surface area contributed by atoms with Gasteiger partial charge in [-0.2, -0.15) is 13.2 Å². The van der Waals surface area contributed by atoms with Crippen molar-refractivity contribution in [3.8, 4) is 0 Å². The van der Waals surface area contributed by atoms with E-state index in [2.05, 4.69) is 9.72 Å². The molecule has 1 heterocycles. The lowest BCUT2D eigenvalue weighted by Gasteiger charge is -1.99. The van der Waals surface area contributed by atoms with Crippen molar-refractivity contribution >= 4 is 17.8 Å². The van der Waals surface area contributed by atoms with Gasteiger partial charge < -0.3 is 4.74 Å². The van der Waals surface area contributed by atoms with E-state index in [1.54, 1.807) is 0 Å². The number of carbonyl (C=O) groups is 1. The maximum absolute atomic E-state index is 12.0. The molecule has 0 aliphatic carbocycles. The van der Waals surface area contributed by atoms with Crippen LogP contribution in [0.25, 0.3) is 0 Å². The summed E-state index contributed by atoms with van der Waals surface area (Å²) in [7, 11) is 0. The summed E-state index contributed by atoms with van der Waals surface area (Å²) in [5.41, 5.74) is -0.899. The fourth-order valence-corrected chi connectivity index (χ4v) is 1.54. The number of hydrogen-bond donors (Lipinski definition) is 0. The molecule has 78 valence electrons. The largest absolute Gasteiger partial charge is 0.467 e. The second-order valence-electron chi connectivity index (χ2n) is 2.34. The van der Waals surface area contributed by atoms with Gasteiger partial charge in [-0.25, -0.2) is 4.98 Å². The molecule has 14 heavy (non-hydrogen) atoms. The van der Waals surface area contributed by atoms with Crippen molar-refractivity contribution in [3.63, 3.8) is 0 Å². The van der Waals surface area contributed by atoms with Crippen LogP contribution < -0.4 is 0 Å². The molecule has 1 aromatic rings. The molecule has 0 aromatic carbocycles. The average molecular weight is 225 g/mol. The number of ether oxygens (including phenoxy) is 1. The average Bonchev–Trinajstić information content (AvgIpc) is 2.52. The monoisotopic (exact) mass is 225 g/mol. The van der Waals surface area contributed by atoms with Crippen LogP contribution in [0.3, 0.4) is 0 Å². The van der Waals surface area contributed by atoms with Crippen molar-refractivity contribution < 1.29 is 22.7 Å². The van der Waals surface area contributed by atoms with Crippen LogP contribution in [-0.4, -0.2) is 18.1 Å². The normalized spacial score (nSPS) is 11.4. The summed E-state index contributed by atoms with van der Waals surface area (Å²) in [5.74, 6) is 0. The van der Waals surface area contributed by atoms with Gasteiger partial charge in [0.25, 0.3) is 6.47 Å². The molecule has 0 aliphatic rings. The number of carbonyl (C=O) groups excluding carboxylic acids is 1. The van der Waals surface area contributed by atoms with Crippen LogP contribution in [0.15, 0.2) is 5.38 Å². The van der Waals surface area contributed by atoms with E-state index in [-0.39, 0.29) is 19.5 Å². The first-order valence-electron chi connectivity index (χ1n) is 3.61. The third-order valence-electron chi connectivity index (χ3n) is 1.34. The van der Waals surface area contributed by atoms with Gasteiger partial charge in [0.2, 0.25) is 0 Å². The van der Waals surface area contributed by atoms with Crippen LogP contribution in [-0.2, 0) is 22.1 Å². The van der Waals surface area contributed by atoms with E-state index in [1.807, 2.05) is 0 Å². The smallest absolute Gasteiger partial charge is 0.434 e. The lowest BCUT2D eigenvalue weighted by molar-refractivity contribution is -0.140. The number of halogens is 3. The topological polar surface area (TPSA) is 39.2 Å². The van der Waals surface area contributed by atoms with Gasteiger partial charge in [-0.1, -0.05) is 0 Å². The maximum Gasteiger partial charge on any atom is 0.434 e. The van der Waals surface area contributed by atoms with Crippen molar-refractivity contribution in [2.75, 3.05) is 6.61 Å². The molecule has 0 radical (unpaired) electrons. The quantitative estimate of drug-likeness (QED) is 0.580. The second kappa shape index (κ2) is 4.41. The summed E-state index contributed by atoms with van der Waals surface area (Å²) in [4.78, 5) is 13.1. The highest BCUT2D eigenvalue weighted by Crippen LogP contribution is 2.29.